The molecule has 4 atom stereocenters. The summed E-state index contributed by atoms with van der Waals surface area (Å²) in [6, 6.07) is 0.165. The third-order valence-corrected chi connectivity index (χ3v) is 5.67. The smallest absolute Gasteiger partial charge is 0.360 e. The molecule has 0 radical (unpaired) electrons. The van der Waals surface area contributed by atoms with Crippen molar-refractivity contribution >= 4 is 5.97 Å². The van der Waals surface area contributed by atoms with Crippen molar-refractivity contribution in [1.82, 2.24) is 20.3 Å². The fourth-order valence-electron chi connectivity index (χ4n) is 4.23. The second-order valence-electron chi connectivity index (χ2n) is 7.26. The van der Waals surface area contributed by atoms with Gasteiger partial charge in [-0.05, 0) is 25.3 Å². The van der Waals surface area contributed by atoms with Gasteiger partial charge in [0, 0.05) is 0 Å². The molecule has 3 aliphatic rings. The summed E-state index contributed by atoms with van der Waals surface area (Å²) in [5, 5.41) is 11.6. The molecule has 0 aromatic carbocycles. The maximum absolute atomic E-state index is 11.5. The number of carbonyl (C=O) groups excluding carboxylic acids is 1. The number of carbonyl (C=O) groups is 1. The molecule has 138 valence electrons. The van der Waals surface area contributed by atoms with Gasteiger partial charge in [-0.2, -0.15) is 0 Å². The number of methoxy groups -OCH3 is 1. The quantitative estimate of drug-likeness (QED) is 0.791. The van der Waals surface area contributed by atoms with E-state index in [0.29, 0.717) is 13.2 Å². The molecule has 0 amide bonds. The highest BCUT2D eigenvalue weighted by atomic mass is 16.6. The Kier molecular flexibility index (Phi) is 5.00. The normalized spacial score (nSPS) is 32.7. The minimum atomic E-state index is -0.485. The first-order valence-corrected chi connectivity index (χ1v) is 9.23. The lowest BCUT2D eigenvalue weighted by Gasteiger charge is -2.25. The molecule has 3 fully saturated rings. The van der Waals surface area contributed by atoms with Gasteiger partial charge in [-0.25, -0.2) is 9.48 Å². The molecule has 1 aromatic rings. The molecule has 1 N–H and O–H groups in total. The van der Waals surface area contributed by atoms with Crippen molar-refractivity contribution in [2.75, 3.05) is 26.9 Å². The van der Waals surface area contributed by atoms with E-state index in [1.807, 2.05) is 0 Å². The summed E-state index contributed by atoms with van der Waals surface area (Å²) >= 11 is 0. The highest BCUT2D eigenvalue weighted by Gasteiger charge is 2.48. The van der Waals surface area contributed by atoms with Gasteiger partial charge < -0.3 is 19.5 Å². The van der Waals surface area contributed by atoms with Crippen molar-refractivity contribution in [3.8, 4) is 0 Å². The van der Waals surface area contributed by atoms with Gasteiger partial charge in [0.15, 0.2) is 5.69 Å². The minimum absolute atomic E-state index is 0.0272. The first-order chi connectivity index (χ1) is 12.3. The van der Waals surface area contributed by atoms with Gasteiger partial charge in [0.05, 0.1) is 32.6 Å². The topological polar surface area (TPSA) is 87.5 Å². The summed E-state index contributed by atoms with van der Waals surface area (Å²) < 4.78 is 18.3. The Hall–Kier alpha value is -1.51. The molecule has 0 spiro atoms. The Bertz CT molecular complexity index is 601. The molecule has 8 heteroatoms. The molecule has 4 unspecified atom stereocenters. The zero-order valence-corrected chi connectivity index (χ0v) is 14.6. The number of esters is 1. The number of fused-ring (bicyclic) bond motifs is 1. The molecule has 1 saturated carbocycles. The fraction of sp³-hybridized carbons (Fsp3) is 0.824. The predicted molar refractivity (Wildman–Crippen MR) is 88.2 cm³/mol. The van der Waals surface area contributed by atoms with Gasteiger partial charge >= 0.3 is 5.97 Å². The first kappa shape index (κ1) is 16.9. The molecule has 2 saturated heterocycles. The van der Waals surface area contributed by atoms with E-state index >= 15 is 0 Å². The first-order valence-electron chi connectivity index (χ1n) is 9.23. The van der Waals surface area contributed by atoms with E-state index in [-0.39, 0.29) is 30.0 Å². The average molecular weight is 350 g/mol. The van der Waals surface area contributed by atoms with Crippen LogP contribution >= 0.6 is 0 Å². The van der Waals surface area contributed by atoms with Gasteiger partial charge in [-0.3, -0.25) is 0 Å². The van der Waals surface area contributed by atoms with E-state index in [1.165, 1.54) is 39.2 Å². The van der Waals surface area contributed by atoms with Gasteiger partial charge in [-0.1, -0.05) is 24.5 Å². The summed E-state index contributed by atoms with van der Waals surface area (Å²) in [4.78, 5) is 11.5. The van der Waals surface area contributed by atoms with Crippen LogP contribution in [-0.2, 0) is 14.2 Å². The van der Waals surface area contributed by atoms with Crippen LogP contribution in [0.25, 0.3) is 0 Å². The molecular formula is C17H26N4O4. The van der Waals surface area contributed by atoms with E-state index in [0.717, 1.165) is 12.5 Å². The van der Waals surface area contributed by atoms with Crippen LogP contribution in [0.3, 0.4) is 0 Å². The van der Waals surface area contributed by atoms with Crippen molar-refractivity contribution in [3.05, 3.63) is 11.9 Å². The van der Waals surface area contributed by atoms with E-state index in [1.54, 1.807) is 10.9 Å². The van der Waals surface area contributed by atoms with E-state index in [9.17, 15) is 4.79 Å². The average Bonchev–Trinajstić information content (AvgIpc) is 3.36. The number of nitrogens with one attached hydrogen (secondary N) is 1. The number of aromatic nitrogens is 3. The Balaban J connectivity index is 1.35. The van der Waals surface area contributed by atoms with Gasteiger partial charge in [0.1, 0.15) is 18.2 Å². The lowest BCUT2D eigenvalue weighted by molar-refractivity contribution is 0.0592. The van der Waals surface area contributed by atoms with Crippen molar-refractivity contribution < 1.29 is 19.0 Å². The molecule has 3 heterocycles. The van der Waals surface area contributed by atoms with Crippen LogP contribution in [0.15, 0.2) is 6.20 Å². The highest BCUT2D eigenvalue weighted by Crippen LogP contribution is 2.34. The lowest BCUT2D eigenvalue weighted by Crippen LogP contribution is -2.43. The Morgan fingerprint density at radius 2 is 2.08 bits per heavy atom. The van der Waals surface area contributed by atoms with Crippen LogP contribution in [-0.4, -0.2) is 66.1 Å². The summed E-state index contributed by atoms with van der Waals surface area (Å²) in [6.45, 7) is 2.21. The maximum Gasteiger partial charge on any atom is 0.360 e. The Morgan fingerprint density at radius 1 is 1.28 bits per heavy atom. The summed E-state index contributed by atoms with van der Waals surface area (Å²) in [5.41, 5.74) is 0.205. The molecular weight excluding hydrogens is 324 g/mol. The SMILES string of the molecule is COC(=O)c1cn(C2COC3C(NCC4CCCCC4)COC32)nn1. The summed E-state index contributed by atoms with van der Waals surface area (Å²) in [5.74, 6) is 0.295. The second-order valence-corrected chi connectivity index (χ2v) is 7.26. The minimum Gasteiger partial charge on any atom is -0.464 e. The number of hydrogen-bond donors (Lipinski definition) is 1. The molecule has 4 rings (SSSR count). The van der Waals surface area contributed by atoms with Crippen molar-refractivity contribution in [3.63, 3.8) is 0 Å². The van der Waals surface area contributed by atoms with Crippen LogP contribution in [0.1, 0.15) is 48.6 Å². The van der Waals surface area contributed by atoms with E-state index in [4.69, 9.17) is 9.47 Å². The lowest BCUT2D eigenvalue weighted by atomic mass is 9.89. The van der Waals surface area contributed by atoms with Crippen LogP contribution in [0, 0.1) is 5.92 Å². The number of hydrogen-bond acceptors (Lipinski definition) is 7. The largest absolute Gasteiger partial charge is 0.464 e. The van der Waals surface area contributed by atoms with Gasteiger partial charge in [0.25, 0.3) is 0 Å². The third kappa shape index (κ3) is 3.43. The molecule has 2 aliphatic heterocycles. The molecule has 25 heavy (non-hydrogen) atoms. The zero-order chi connectivity index (χ0) is 17.2. The van der Waals surface area contributed by atoms with Crippen LogP contribution in [0.5, 0.6) is 0 Å². The van der Waals surface area contributed by atoms with Crippen LogP contribution < -0.4 is 5.32 Å². The zero-order valence-electron chi connectivity index (χ0n) is 14.6. The van der Waals surface area contributed by atoms with E-state index in [2.05, 4.69) is 20.4 Å². The van der Waals surface area contributed by atoms with Crippen molar-refractivity contribution in [2.45, 2.75) is 56.4 Å². The van der Waals surface area contributed by atoms with Crippen molar-refractivity contribution in [2.24, 2.45) is 5.92 Å². The standard InChI is InChI=1S/C17H26N4O4/c1-23-17(22)12-8-21(20-19-12)14-10-25-15-13(9-24-16(14)15)18-7-11-5-3-2-4-6-11/h8,11,13-16,18H,2-7,9-10H2,1H3. The molecule has 1 aliphatic carbocycles. The van der Waals surface area contributed by atoms with Gasteiger partial charge in [0.2, 0.25) is 0 Å². The van der Waals surface area contributed by atoms with Crippen LogP contribution in [0.4, 0.5) is 0 Å². The highest BCUT2D eigenvalue weighted by molar-refractivity contribution is 5.86. The molecule has 0 bridgehead atoms. The van der Waals surface area contributed by atoms with Gasteiger partial charge in [-0.15, -0.1) is 5.10 Å². The maximum atomic E-state index is 11.5. The van der Waals surface area contributed by atoms with Crippen LogP contribution in [0.2, 0.25) is 0 Å². The van der Waals surface area contributed by atoms with E-state index < -0.39 is 5.97 Å². The fourth-order valence-corrected chi connectivity index (χ4v) is 4.23. The predicted octanol–water partition coefficient (Wildman–Crippen LogP) is 0.942. The molecule has 1 aromatic heterocycles. The monoisotopic (exact) mass is 350 g/mol. The summed E-state index contributed by atoms with van der Waals surface area (Å²) in [6.07, 6.45) is 8.31. The Labute approximate surface area is 147 Å². The Morgan fingerprint density at radius 3 is 2.88 bits per heavy atom. The summed E-state index contributed by atoms with van der Waals surface area (Å²) in [7, 11) is 1.33. The second kappa shape index (κ2) is 7.39. The molecule has 8 nitrogen and oxygen atoms in total. The number of rotatable bonds is 5. The third-order valence-electron chi connectivity index (χ3n) is 5.67. The van der Waals surface area contributed by atoms with Crippen molar-refractivity contribution in [1.29, 1.82) is 0 Å². The number of nitrogens with zero attached hydrogens (tertiary/aromatic N) is 3. The number of ether oxygens (including phenoxy) is 3.